The van der Waals surface area contributed by atoms with Gasteiger partial charge in [-0.3, -0.25) is 19.3 Å². The molecule has 0 bridgehead atoms. The molecule has 0 spiro atoms. The van der Waals surface area contributed by atoms with E-state index in [0.29, 0.717) is 17.9 Å². The van der Waals surface area contributed by atoms with Crippen molar-refractivity contribution >= 4 is 34.8 Å². The van der Waals surface area contributed by atoms with Gasteiger partial charge in [-0.15, -0.1) is 0 Å². The second-order valence-corrected chi connectivity index (χ2v) is 10.3. The summed E-state index contributed by atoms with van der Waals surface area (Å²) in [5.41, 5.74) is 5.04. The van der Waals surface area contributed by atoms with Crippen LogP contribution in [0.4, 0.5) is 23.2 Å². The van der Waals surface area contributed by atoms with E-state index in [4.69, 9.17) is 20.6 Å². The Bertz CT molecular complexity index is 1860. The Labute approximate surface area is 248 Å². The number of alkyl halides is 3. The molecule has 1 amide bonds. The van der Waals surface area contributed by atoms with Crippen molar-refractivity contribution < 1.29 is 31.8 Å². The first-order valence-electron chi connectivity index (χ1n) is 13.4. The lowest BCUT2D eigenvalue weighted by Crippen LogP contribution is -2.28. The highest BCUT2D eigenvalue weighted by atomic mass is 19.4. The Morgan fingerprint density at radius 2 is 1.95 bits per heavy atom. The van der Waals surface area contributed by atoms with Gasteiger partial charge in [0.1, 0.15) is 25.3 Å². The van der Waals surface area contributed by atoms with E-state index in [1.807, 2.05) is 12.1 Å². The molecule has 5 rings (SSSR count). The van der Waals surface area contributed by atoms with Crippen LogP contribution in [0.15, 0.2) is 58.3 Å². The number of nitrogens with one attached hydrogen (secondary N) is 2. The second kappa shape index (κ2) is 11.9. The van der Waals surface area contributed by atoms with E-state index < -0.39 is 35.7 Å². The second-order valence-electron chi connectivity index (χ2n) is 10.3. The van der Waals surface area contributed by atoms with E-state index >= 15 is 4.39 Å². The molecule has 1 aromatic heterocycles. The first-order chi connectivity index (χ1) is 20.9. The smallest absolute Gasteiger partial charge is 0.416 e. The fourth-order valence-corrected chi connectivity index (χ4v) is 5.01. The number of aromatic nitrogens is 2. The number of halogens is 4. The van der Waals surface area contributed by atoms with Crippen LogP contribution in [0, 0.1) is 11.2 Å². The maximum Gasteiger partial charge on any atom is 0.416 e. The van der Waals surface area contributed by atoms with E-state index in [1.165, 1.54) is 20.2 Å². The van der Waals surface area contributed by atoms with E-state index in [-0.39, 0.29) is 46.1 Å². The fourth-order valence-electron chi connectivity index (χ4n) is 5.01. The third-order valence-electron chi connectivity index (χ3n) is 7.22. The monoisotopic (exact) mass is 612 g/mol. The number of anilines is 1. The minimum atomic E-state index is -4.83. The Kier molecular flexibility index (Phi) is 8.17. The molecule has 1 saturated carbocycles. The lowest BCUT2D eigenvalue weighted by Gasteiger charge is -2.16. The van der Waals surface area contributed by atoms with Crippen molar-refractivity contribution in [3.8, 4) is 22.6 Å². The molecule has 230 valence electrons. The van der Waals surface area contributed by atoms with E-state index in [1.54, 1.807) is 12.1 Å². The molecule has 1 aliphatic carbocycles. The molecule has 4 N–H and O–H groups in total. The number of aliphatic imine (C=N–C) groups is 1. The number of amidine groups is 1. The predicted octanol–water partition coefficient (Wildman–Crippen LogP) is 5.03. The molecular weight excluding hydrogens is 584 g/mol. The minimum Gasteiger partial charge on any atom is -0.493 e. The molecule has 1 fully saturated rings. The highest BCUT2D eigenvalue weighted by Gasteiger charge is 2.33. The van der Waals surface area contributed by atoms with Gasteiger partial charge in [-0.1, -0.05) is 12.1 Å². The molecule has 44 heavy (non-hydrogen) atoms. The average Bonchev–Trinajstić information content (AvgIpc) is 3.80. The van der Waals surface area contributed by atoms with Gasteiger partial charge in [-0.2, -0.15) is 13.2 Å². The SMILES string of the molecule is COc1cc(-c2cc(C(F)(F)F)cc3c2n(C)c(=O)n3CC(=O)Nc2cccc(C3CC3)c2)cc(F)c1OCC(N)=NC=N. The van der Waals surface area contributed by atoms with Crippen molar-refractivity contribution in [2.24, 2.45) is 17.8 Å². The van der Waals surface area contributed by atoms with Crippen LogP contribution >= 0.6 is 0 Å². The Morgan fingerprint density at radius 1 is 1.20 bits per heavy atom. The number of carbonyl (C=O) groups is 1. The zero-order valence-electron chi connectivity index (χ0n) is 23.7. The van der Waals surface area contributed by atoms with Gasteiger partial charge in [0.05, 0.1) is 23.7 Å². The number of methoxy groups -OCH3 is 1. The molecule has 0 saturated heterocycles. The Balaban J connectivity index is 1.58. The maximum absolute atomic E-state index is 15.3. The number of nitrogens with zero attached hydrogens (tertiary/aromatic N) is 3. The van der Waals surface area contributed by atoms with Crippen LogP contribution in [0.25, 0.3) is 22.2 Å². The van der Waals surface area contributed by atoms with E-state index in [2.05, 4.69) is 10.3 Å². The summed E-state index contributed by atoms with van der Waals surface area (Å²) in [5.74, 6) is -1.81. The summed E-state index contributed by atoms with van der Waals surface area (Å²) in [6.45, 7) is -0.951. The van der Waals surface area contributed by atoms with Gasteiger partial charge in [-0.25, -0.2) is 14.2 Å². The number of hydrogen-bond acceptors (Lipinski definition) is 5. The van der Waals surface area contributed by atoms with Crippen LogP contribution in [-0.4, -0.2) is 40.9 Å². The van der Waals surface area contributed by atoms with Crippen molar-refractivity contribution in [1.29, 1.82) is 5.41 Å². The zero-order valence-corrected chi connectivity index (χ0v) is 23.7. The number of nitrogens with two attached hydrogens (primary N) is 1. The molecule has 0 unspecified atom stereocenters. The van der Waals surface area contributed by atoms with Gasteiger partial charge < -0.3 is 20.5 Å². The molecule has 4 aromatic rings. The fraction of sp³-hybridized carbons (Fsp3) is 0.267. The van der Waals surface area contributed by atoms with Crippen LogP contribution in [0.3, 0.4) is 0 Å². The molecule has 0 aliphatic heterocycles. The van der Waals surface area contributed by atoms with Crippen molar-refractivity contribution in [3.05, 3.63) is 76.0 Å². The van der Waals surface area contributed by atoms with Crippen molar-refractivity contribution in [1.82, 2.24) is 9.13 Å². The molecule has 3 aromatic carbocycles. The summed E-state index contributed by atoms with van der Waals surface area (Å²) in [6.07, 6.45) is -2.02. The number of ether oxygens (including phenoxy) is 2. The van der Waals surface area contributed by atoms with Crippen LogP contribution in [0.1, 0.15) is 29.9 Å². The minimum absolute atomic E-state index is 0.0435. The lowest BCUT2D eigenvalue weighted by atomic mass is 9.99. The maximum atomic E-state index is 15.3. The number of benzene rings is 3. The average molecular weight is 613 g/mol. The number of rotatable bonds is 10. The molecule has 1 aliphatic rings. The van der Waals surface area contributed by atoms with Crippen molar-refractivity contribution in [2.45, 2.75) is 31.5 Å². The standard InChI is InChI=1S/C30H28F4N6O4/c1-39-27-21(18-9-22(31)28(24(10-18)43-2)44-14-25(36)37-15-35)11-19(30(32,33)34)12-23(27)40(29(39)42)13-26(41)38-20-5-3-4-17(8-20)16-6-7-16/h3-5,8-12,15-16H,6-7,13-14H2,1-2H3,(H,38,41)(H3,35,36,37). The largest absolute Gasteiger partial charge is 0.493 e. The van der Waals surface area contributed by atoms with Crippen LogP contribution in [0.5, 0.6) is 11.5 Å². The van der Waals surface area contributed by atoms with Crippen molar-refractivity contribution in [2.75, 3.05) is 19.0 Å². The Morgan fingerprint density at radius 3 is 2.61 bits per heavy atom. The number of amides is 1. The first-order valence-corrected chi connectivity index (χ1v) is 13.4. The topological polar surface area (TPSA) is 137 Å². The quantitative estimate of drug-likeness (QED) is 0.131. The zero-order chi connectivity index (χ0) is 31.8. The molecule has 0 radical (unpaired) electrons. The summed E-state index contributed by atoms with van der Waals surface area (Å²) in [7, 11) is 2.57. The van der Waals surface area contributed by atoms with Gasteiger partial charge in [-0.05, 0) is 66.3 Å². The Hall–Kier alpha value is -5.14. The number of hydrogen-bond donors (Lipinski definition) is 3. The lowest BCUT2D eigenvalue weighted by molar-refractivity contribution is -0.137. The summed E-state index contributed by atoms with van der Waals surface area (Å²) in [4.78, 5) is 29.9. The third-order valence-corrected chi connectivity index (χ3v) is 7.22. The third kappa shape index (κ3) is 6.14. The summed E-state index contributed by atoms with van der Waals surface area (Å²) in [5, 5.41) is 9.68. The van der Waals surface area contributed by atoms with Gasteiger partial charge in [0.2, 0.25) is 5.91 Å². The van der Waals surface area contributed by atoms with Gasteiger partial charge in [0, 0.05) is 18.3 Å². The van der Waals surface area contributed by atoms with E-state index in [9.17, 15) is 22.8 Å². The molecule has 1 heterocycles. The van der Waals surface area contributed by atoms with Crippen LogP contribution < -0.4 is 26.2 Å². The normalized spacial score (nSPS) is 13.6. The van der Waals surface area contributed by atoms with Crippen molar-refractivity contribution in [3.63, 3.8) is 0 Å². The molecule has 14 heteroatoms. The predicted molar refractivity (Wildman–Crippen MR) is 157 cm³/mol. The van der Waals surface area contributed by atoms with E-state index in [0.717, 1.165) is 45.7 Å². The summed E-state index contributed by atoms with van der Waals surface area (Å²) < 4.78 is 70.3. The number of carbonyl (C=O) groups excluding carboxylic acids is 1. The summed E-state index contributed by atoms with van der Waals surface area (Å²) in [6, 6.07) is 11.1. The van der Waals surface area contributed by atoms with Gasteiger partial charge in [0.25, 0.3) is 0 Å². The van der Waals surface area contributed by atoms with Gasteiger partial charge >= 0.3 is 11.9 Å². The number of imidazole rings is 1. The summed E-state index contributed by atoms with van der Waals surface area (Å²) >= 11 is 0. The van der Waals surface area contributed by atoms with Crippen LogP contribution in [0.2, 0.25) is 0 Å². The van der Waals surface area contributed by atoms with Crippen LogP contribution in [-0.2, 0) is 24.6 Å². The molecule has 0 atom stereocenters. The highest BCUT2D eigenvalue weighted by molar-refractivity contribution is 5.96. The highest BCUT2D eigenvalue weighted by Crippen LogP contribution is 2.42. The first kappa shape index (κ1) is 30.3. The number of aryl methyl sites for hydroxylation is 1. The number of fused-ring (bicyclic) bond motifs is 1. The molecule has 10 nitrogen and oxygen atoms in total. The molecular formula is C30H28F4N6O4. The van der Waals surface area contributed by atoms with Gasteiger partial charge in [0.15, 0.2) is 17.3 Å².